The zero-order valence-corrected chi connectivity index (χ0v) is 54.6. The minimum atomic E-state index is -3.88. The Morgan fingerprint density at radius 3 is 1.55 bits per heavy atom. The third-order valence-electron chi connectivity index (χ3n) is 16.4. The van der Waals surface area contributed by atoms with E-state index in [1.807, 2.05) is 73.8 Å². The van der Waals surface area contributed by atoms with Crippen LogP contribution in [0.3, 0.4) is 0 Å². The number of carboxylic acid groups (broad SMARTS) is 3. The lowest BCUT2D eigenvalue weighted by molar-refractivity contribution is -0.123. The number of pyridine rings is 1. The van der Waals surface area contributed by atoms with E-state index in [1.165, 1.54) is 27.2 Å². The molecule has 1 amide bonds. The molecule has 31 heteroatoms. The molecule has 0 unspecified atom stereocenters. The van der Waals surface area contributed by atoms with Crippen molar-refractivity contribution < 1.29 is 64.5 Å². The van der Waals surface area contributed by atoms with Gasteiger partial charge in [-0.25, -0.2) is 12.4 Å². The number of para-hydroxylation sites is 3. The summed E-state index contributed by atoms with van der Waals surface area (Å²) in [6, 6.07) is 35.8. The van der Waals surface area contributed by atoms with E-state index in [9.17, 15) is 30.0 Å². The average molecular weight is 1350 g/mol. The number of carbonyl (C=O) groups excluding carboxylic acids is 1. The minimum absolute atomic E-state index is 0.0254. The SMILES string of the molecule is CC(=O)N1CCc2cc(S(=O)(=O)n3cc(N4CCN(C)CC4)c4ccccc43)ccc21.CN1CCN(c2nn(S(=O)(=O)c3ccc4c(c3)OCCN4C)c3ccccc23)CC1.O=CO.O=CO.O=CO.O=S(=O)(c1cccnc1)n1nc(N2CCNCC2)c2ccccc21. The molecule has 0 atom stereocenters. The van der Waals surface area contributed by atoms with Gasteiger partial charge in [0.2, 0.25) is 5.91 Å². The number of hydrogen-bond acceptors (Lipinski definition) is 21. The Labute approximate surface area is 544 Å². The van der Waals surface area contributed by atoms with Crippen LogP contribution < -0.4 is 34.6 Å². The van der Waals surface area contributed by atoms with Crippen molar-refractivity contribution in [2.45, 2.75) is 28.0 Å². The van der Waals surface area contributed by atoms with Crippen LogP contribution in [0.1, 0.15) is 12.5 Å². The van der Waals surface area contributed by atoms with Gasteiger partial charge >= 0.3 is 0 Å². The van der Waals surface area contributed by atoms with E-state index >= 15 is 0 Å². The normalized spacial score (nSPS) is 15.8. The number of anilines is 5. The van der Waals surface area contributed by atoms with E-state index in [0.717, 1.165) is 134 Å². The fourth-order valence-corrected chi connectivity index (χ4v) is 15.5. The molecule has 5 aliphatic heterocycles. The highest BCUT2D eigenvalue weighted by atomic mass is 32.2. The maximum Gasteiger partial charge on any atom is 0.290 e. The zero-order chi connectivity index (χ0) is 67.3. The van der Waals surface area contributed by atoms with Crippen LogP contribution in [0.4, 0.5) is 28.7 Å². The highest BCUT2D eigenvalue weighted by molar-refractivity contribution is 7.90. The van der Waals surface area contributed by atoms with Crippen molar-refractivity contribution in [3.63, 3.8) is 0 Å². The number of hydrogen-bond donors (Lipinski definition) is 4. The summed E-state index contributed by atoms with van der Waals surface area (Å²) in [7, 11) is -5.27. The first-order chi connectivity index (χ1) is 45.2. The van der Waals surface area contributed by atoms with Gasteiger partial charge in [0.1, 0.15) is 17.3 Å². The van der Waals surface area contributed by atoms with Crippen LogP contribution in [0.2, 0.25) is 0 Å². The lowest BCUT2D eigenvalue weighted by Gasteiger charge is -2.33. The number of nitrogens with one attached hydrogen (secondary N) is 1. The predicted molar refractivity (Wildman–Crippen MR) is 357 cm³/mol. The van der Waals surface area contributed by atoms with Crippen LogP contribution in [0.5, 0.6) is 5.75 Å². The third kappa shape index (κ3) is 14.7. The predicted octanol–water partition coefficient (Wildman–Crippen LogP) is 4.57. The Balaban J connectivity index is 0.000000157. The van der Waals surface area contributed by atoms with Gasteiger partial charge in [-0.2, -0.15) is 25.0 Å². The second-order valence-electron chi connectivity index (χ2n) is 22.1. The molecule has 4 N–H and O–H groups in total. The van der Waals surface area contributed by atoms with E-state index in [1.54, 1.807) is 65.8 Å². The smallest absolute Gasteiger partial charge is 0.290 e. The van der Waals surface area contributed by atoms with E-state index in [-0.39, 0.29) is 40.0 Å². The molecule has 9 aromatic rings. The Kier molecular flexibility index (Phi) is 22.2. The van der Waals surface area contributed by atoms with E-state index < -0.39 is 30.1 Å². The Bertz CT molecular complexity index is 4480. The van der Waals surface area contributed by atoms with Crippen LogP contribution in [0.25, 0.3) is 32.7 Å². The molecule has 0 spiro atoms. The summed E-state index contributed by atoms with van der Waals surface area (Å²) < 4.78 is 89.8. The third-order valence-corrected chi connectivity index (χ3v) is 21.2. The van der Waals surface area contributed by atoms with Crippen LogP contribution in [-0.4, -0.2) is 222 Å². The van der Waals surface area contributed by atoms with E-state index in [2.05, 4.69) is 64.0 Å². The van der Waals surface area contributed by atoms with Gasteiger partial charge in [-0.15, -0.1) is 10.2 Å². The lowest BCUT2D eigenvalue weighted by atomic mass is 10.2. The number of likely N-dealkylation sites (N-methyl/N-ethyl adjacent to an activating group) is 3. The summed E-state index contributed by atoms with van der Waals surface area (Å²) in [6.07, 6.45) is 5.32. The zero-order valence-electron chi connectivity index (χ0n) is 52.2. The van der Waals surface area contributed by atoms with Crippen LogP contribution in [0.15, 0.2) is 155 Å². The van der Waals surface area contributed by atoms with Crippen LogP contribution in [-0.2, 0) is 55.7 Å². The molecule has 0 saturated carbocycles. The number of benzene rings is 5. The topological polar surface area (TPSA) is 329 Å². The van der Waals surface area contributed by atoms with Crippen molar-refractivity contribution >= 4 is 117 Å². The number of fused-ring (bicyclic) bond motifs is 5. The molecule has 0 bridgehead atoms. The fourth-order valence-electron chi connectivity index (χ4n) is 11.6. The van der Waals surface area contributed by atoms with Crippen molar-refractivity contribution in [1.29, 1.82) is 0 Å². The number of carbonyl (C=O) groups is 4. The number of rotatable bonds is 9. The standard InChI is InChI=1S/C23H26N4O3S.C21H25N5O3S.C16H17N5O2S.3CH2O2/c1-17(28)26-10-9-18-15-19(7-8-21(18)26)31(29,30)27-16-23(20-5-3-4-6-22(20)27)25-13-11-24(2)12-14-25;1-23-9-11-25(12-10-23)21-17-5-3-4-6-18(17)26(22-21)30(27,28)16-7-8-19-20(15-16)29-14-13-24(19)2;22-24(23,13-4-3-7-18-12-13)21-15-6-2-1-5-14(15)16(19-21)20-10-8-17-9-11-20;3*2-1-3/h3-8,15-16H,9-14H2,1-2H3;3-8,15H,9-14H2,1-2H3;1-7,12,17H,8-11H2;3*1H,(H,2,3). The first-order valence-corrected chi connectivity index (χ1v) is 34.2. The first-order valence-electron chi connectivity index (χ1n) is 29.9. The highest BCUT2D eigenvalue weighted by Crippen LogP contribution is 2.38. The summed E-state index contributed by atoms with van der Waals surface area (Å²) in [5.74, 6) is 1.99. The molecule has 5 aromatic carbocycles. The Morgan fingerprint density at radius 2 is 1.01 bits per heavy atom. The molecule has 3 fully saturated rings. The van der Waals surface area contributed by atoms with Crippen molar-refractivity contribution in [2.75, 3.05) is 144 Å². The first kappa shape index (κ1) is 68.7. The quantitative estimate of drug-likeness (QED) is 0.144. The summed E-state index contributed by atoms with van der Waals surface area (Å²) in [5.41, 5.74) is 5.40. The summed E-state index contributed by atoms with van der Waals surface area (Å²) in [6.45, 7) is 13.1. The molecule has 498 valence electrons. The van der Waals surface area contributed by atoms with Crippen LogP contribution in [0, 0.1) is 0 Å². The monoisotopic (exact) mass is 1350 g/mol. The van der Waals surface area contributed by atoms with E-state index in [4.69, 9.17) is 34.4 Å². The van der Waals surface area contributed by atoms with Gasteiger partial charge in [-0.1, -0.05) is 42.5 Å². The van der Waals surface area contributed by atoms with Gasteiger partial charge in [0.25, 0.3) is 49.5 Å². The molecule has 28 nitrogen and oxygen atoms in total. The molecule has 3 saturated heterocycles. The number of amides is 1. The van der Waals surface area contributed by atoms with E-state index in [0.29, 0.717) is 47.7 Å². The van der Waals surface area contributed by atoms with Gasteiger partial charge < -0.3 is 59.7 Å². The van der Waals surface area contributed by atoms with Gasteiger partial charge in [0, 0.05) is 146 Å². The summed E-state index contributed by atoms with van der Waals surface area (Å²) >= 11 is 0. The Morgan fingerprint density at radius 1 is 0.521 bits per heavy atom. The minimum Gasteiger partial charge on any atom is -0.490 e. The second kappa shape index (κ2) is 30.4. The fraction of sp³-hybridized carbons (Fsp3) is 0.317. The molecular formula is C63H74N14O14S3. The largest absolute Gasteiger partial charge is 0.490 e. The second-order valence-corrected chi connectivity index (χ2v) is 27.5. The number of piperazine rings is 3. The summed E-state index contributed by atoms with van der Waals surface area (Å²) in [5, 5.41) is 35.6. The maximum atomic E-state index is 13.7. The van der Waals surface area contributed by atoms with Crippen molar-refractivity contribution in [3.8, 4) is 5.75 Å². The molecule has 0 aliphatic carbocycles. The molecule has 14 rings (SSSR count). The number of aromatic nitrogens is 6. The van der Waals surface area contributed by atoms with Gasteiger partial charge in [0.15, 0.2) is 11.6 Å². The molecule has 0 radical (unpaired) electrons. The molecular weight excluding hydrogens is 1270 g/mol. The van der Waals surface area contributed by atoms with Gasteiger partial charge in [-0.05, 0) is 98.9 Å². The lowest BCUT2D eigenvalue weighted by Crippen LogP contribution is -2.44. The maximum absolute atomic E-state index is 13.7. The summed E-state index contributed by atoms with van der Waals surface area (Å²) in [4.78, 5) is 56.2. The van der Waals surface area contributed by atoms with Crippen molar-refractivity contribution in [1.82, 2.24) is 42.4 Å². The van der Waals surface area contributed by atoms with Crippen molar-refractivity contribution in [2.24, 2.45) is 0 Å². The van der Waals surface area contributed by atoms with Gasteiger partial charge in [-0.3, -0.25) is 24.2 Å². The van der Waals surface area contributed by atoms with Gasteiger partial charge in [0.05, 0.1) is 44.3 Å². The molecule has 9 heterocycles. The molecule has 4 aromatic heterocycles. The molecule has 5 aliphatic rings. The highest BCUT2D eigenvalue weighted by Gasteiger charge is 2.32. The number of nitrogens with zero attached hydrogens (tertiary/aromatic N) is 13. The number of ether oxygens (including phenoxy) is 1. The van der Waals surface area contributed by atoms with Crippen molar-refractivity contribution in [3.05, 3.63) is 145 Å². The Hall–Kier alpha value is -9.66. The molecule has 94 heavy (non-hydrogen) atoms. The average Bonchev–Trinajstić information content (AvgIpc) is 1.58. The van der Waals surface area contributed by atoms with Crippen LogP contribution >= 0.6 is 0 Å².